The van der Waals surface area contributed by atoms with Gasteiger partial charge in [-0.2, -0.15) is 0 Å². The molecule has 0 atom stereocenters. The Hall–Kier alpha value is -0.810. The SMILES string of the molecule is COc1ccc(C(N)=S)c(Br)c1OC. The lowest BCUT2D eigenvalue weighted by molar-refractivity contribution is 0.353. The Morgan fingerprint density at radius 1 is 1.36 bits per heavy atom. The number of ether oxygens (including phenoxy) is 2. The highest BCUT2D eigenvalue weighted by Gasteiger charge is 2.13. The first-order valence-corrected chi connectivity index (χ1v) is 5.02. The van der Waals surface area contributed by atoms with Crippen LogP contribution in [0.5, 0.6) is 11.5 Å². The molecule has 0 aromatic heterocycles. The normalized spacial score (nSPS) is 9.64. The molecule has 76 valence electrons. The number of hydrogen-bond acceptors (Lipinski definition) is 3. The summed E-state index contributed by atoms with van der Waals surface area (Å²) in [6.45, 7) is 0. The zero-order valence-corrected chi connectivity index (χ0v) is 10.2. The first kappa shape index (κ1) is 11.3. The molecule has 0 radical (unpaired) electrons. The van der Waals surface area contributed by atoms with E-state index in [0.29, 0.717) is 21.0 Å². The van der Waals surface area contributed by atoms with Gasteiger partial charge in [0.15, 0.2) is 11.5 Å². The number of nitrogens with two attached hydrogens (primary N) is 1. The average molecular weight is 276 g/mol. The molecule has 5 heteroatoms. The van der Waals surface area contributed by atoms with Crippen molar-refractivity contribution < 1.29 is 9.47 Å². The minimum atomic E-state index is 0.317. The van der Waals surface area contributed by atoms with Crippen molar-refractivity contribution in [3.8, 4) is 11.5 Å². The van der Waals surface area contributed by atoms with E-state index in [1.54, 1.807) is 26.4 Å². The van der Waals surface area contributed by atoms with Crippen molar-refractivity contribution in [1.82, 2.24) is 0 Å². The molecule has 0 amide bonds. The van der Waals surface area contributed by atoms with Gasteiger partial charge in [0.25, 0.3) is 0 Å². The van der Waals surface area contributed by atoms with Crippen LogP contribution in [0.15, 0.2) is 16.6 Å². The van der Waals surface area contributed by atoms with Crippen LogP contribution in [0.2, 0.25) is 0 Å². The summed E-state index contributed by atoms with van der Waals surface area (Å²) in [5, 5.41) is 0. The van der Waals surface area contributed by atoms with Crippen LogP contribution in [0.3, 0.4) is 0 Å². The van der Waals surface area contributed by atoms with Gasteiger partial charge in [-0.15, -0.1) is 0 Å². The molecule has 0 bridgehead atoms. The van der Waals surface area contributed by atoms with E-state index in [-0.39, 0.29) is 0 Å². The highest BCUT2D eigenvalue weighted by Crippen LogP contribution is 2.37. The second-order valence-electron chi connectivity index (χ2n) is 2.53. The van der Waals surface area contributed by atoms with E-state index in [1.165, 1.54) is 0 Å². The number of halogens is 1. The Labute approximate surface area is 96.3 Å². The van der Waals surface area contributed by atoms with Crippen LogP contribution in [0.25, 0.3) is 0 Å². The van der Waals surface area contributed by atoms with Gasteiger partial charge in [0.05, 0.1) is 18.7 Å². The smallest absolute Gasteiger partial charge is 0.175 e. The van der Waals surface area contributed by atoms with Gasteiger partial charge in [0, 0.05) is 5.56 Å². The molecule has 0 aliphatic heterocycles. The second-order valence-corrected chi connectivity index (χ2v) is 3.76. The third kappa shape index (κ3) is 1.99. The van der Waals surface area contributed by atoms with Gasteiger partial charge in [-0.3, -0.25) is 0 Å². The largest absolute Gasteiger partial charge is 0.493 e. The third-order valence-corrected chi connectivity index (χ3v) is 2.76. The van der Waals surface area contributed by atoms with E-state index < -0.39 is 0 Å². The lowest BCUT2D eigenvalue weighted by Gasteiger charge is -2.11. The predicted octanol–water partition coefficient (Wildman–Crippen LogP) is 2.10. The Morgan fingerprint density at radius 3 is 2.43 bits per heavy atom. The number of rotatable bonds is 3. The van der Waals surface area contributed by atoms with E-state index >= 15 is 0 Å². The van der Waals surface area contributed by atoms with Crippen LogP contribution < -0.4 is 15.2 Å². The summed E-state index contributed by atoms with van der Waals surface area (Å²) in [5.74, 6) is 1.23. The van der Waals surface area contributed by atoms with Crippen LogP contribution in [0.1, 0.15) is 5.56 Å². The molecular formula is C9H10BrNO2S. The van der Waals surface area contributed by atoms with Crippen LogP contribution in [-0.2, 0) is 0 Å². The maximum atomic E-state index is 5.53. The van der Waals surface area contributed by atoms with Gasteiger partial charge in [-0.1, -0.05) is 12.2 Å². The van der Waals surface area contributed by atoms with Crippen LogP contribution in [0.4, 0.5) is 0 Å². The molecule has 1 aromatic carbocycles. The molecule has 1 rings (SSSR count). The molecule has 3 nitrogen and oxygen atoms in total. The van der Waals surface area contributed by atoms with Crippen molar-refractivity contribution in [2.24, 2.45) is 5.73 Å². The minimum absolute atomic E-state index is 0.317. The van der Waals surface area contributed by atoms with Crippen LogP contribution in [0, 0.1) is 0 Å². The van der Waals surface area contributed by atoms with E-state index in [1.807, 2.05) is 0 Å². The van der Waals surface area contributed by atoms with Gasteiger partial charge in [0.2, 0.25) is 0 Å². The summed E-state index contributed by atoms with van der Waals surface area (Å²) in [6, 6.07) is 3.55. The van der Waals surface area contributed by atoms with Crippen LogP contribution in [-0.4, -0.2) is 19.2 Å². The van der Waals surface area contributed by atoms with E-state index in [2.05, 4.69) is 15.9 Å². The summed E-state index contributed by atoms with van der Waals surface area (Å²) >= 11 is 8.25. The monoisotopic (exact) mass is 275 g/mol. The lowest BCUT2D eigenvalue weighted by atomic mass is 10.2. The molecule has 0 fully saturated rings. The minimum Gasteiger partial charge on any atom is -0.493 e. The van der Waals surface area contributed by atoms with Crippen molar-refractivity contribution in [3.63, 3.8) is 0 Å². The summed E-state index contributed by atoms with van der Waals surface area (Å²) in [5.41, 5.74) is 6.27. The topological polar surface area (TPSA) is 44.5 Å². The number of hydrogen-bond donors (Lipinski definition) is 1. The molecule has 0 aliphatic rings. The van der Waals surface area contributed by atoms with E-state index in [0.717, 1.165) is 5.56 Å². The quantitative estimate of drug-likeness (QED) is 0.859. The summed E-state index contributed by atoms with van der Waals surface area (Å²) in [7, 11) is 3.14. The van der Waals surface area contributed by atoms with Crippen molar-refractivity contribution in [2.75, 3.05) is 14.2 Å². The molecule has 0 unspecified atom stereocenters. The van der Waals surface area contributed by atoms with Crippen molar-refractivity contribution in [3.05, 3.63) is 22.2 Å². The summed E-state index contributed by atoms with van der Waals surface area (Å²) in [6.07, 6.45) is 0. The first-order valence-electron chi connectivity index (χ1n) is 3.82. The average Bonchev–Trinajstić information content (AvgIpc) is 2.16. The highest BCUT2D eigenvalue weighted by atomic mass is 79.9. The zero-order valence-electron chi connectivity index (χ0n) is 7.83. The standard InChI is InChI=1S/C9H10BrNO2S/c1-12-6-4-3-5(9(11)14)7(10)8(6)13-2/h3-4H,1-2H3,(H2,11,14). The first-order chi connectivity index (χ1) is 6.61. The van der Waals surface area contributed by atoms with Gasteiger partial charge in [0.1, 0.15) is 4.99 Å². The van der Waals surface area contributed by atoms with Crippen molar-refractivity contribution in [1.29, 1.82) is 0 Å². The molecular weight excluding hydrogens is 266 g/mol. The molecule has 2 N–H and O–H groups in total. The summed E-state index contributed by atoms with van der Waals surface area (Å²) in [4.78, 5) is 0.317. The fourth-order valence-corrected chi connectivity index (χ4v) is 2.08. The maximum Gasteiger partial charge on any atom is 0.175 e. The Morgan fingerprint density at radius 2 is 2.00 bits per heavy atom. The second kappa shape index (κ2) is 4.61. The Kier molecular flexibility index (Phi) is 3.71. The maximum absolute atomic E-state index is 5.53. The fraction of sp³-hybridized carbons (Fsp3) is 0.222. The number of methoxy groups -OCH3 is 2. The Balaban J connectivity index is 3.34. The predicted molar refractivity (Wildman–Crippen MR) is 63.1 cm³/mol. The van der Waals surface area contributed by atoms with Crippen molar-refractivity contribution in [2.45, 2.75) is 0 Å². The molecule has 0 saturated carbocycles. The third-order valence-electron chi connectivity index (χ3n) is 1.75. The summed E-state index contributed by atoms with van der Waals surface area (Å²) < 4.78 is 11.0. The number of thiocarbonyl (C=S) groups is 1. The van der Waals surface area contributed by atoms with Crippen LogP contribution >= 0.6 is 28.1 Å². The molecule has 0 heterocycles. The van der Waals surface area contributed by atoms with Gasteiger partial charge < -0.3 is 15.2 Å². The highest BCUT2D eigenvalue weighted by molar-refractivity contribution is 9.10. The Bertz CT molecular complexity index is 368. The molecule has 1 aromatic rings. The van der Waals surface area contributed by atoms with Gasteiger partial charge >= 0.3 is 0 Å². The van der Waals surface area contributed by atoms with E-state index in [4.69, 9.17) is 27.4 Å². The molecule has 0 saturated heterocycles. The molecule has 14 heavy (non-hydrogen) atoms. The number of benzene rings is 1. The van der Waals surface area contributed by atoms with E-state index in [9.17, 15) is 0 Å². The molecule has 0 aliphatic carbocycles. The molecule has 0 spiro atoms. The van der Waals surface area contributed by atoms with Gasteiger partial charge in [-0.25, -0.2) is 0 Å². The van der Waals surface area contributed by atoms with Gasteiger partial charge in [-0.05, 0) is 28.1 Å². The fourth-order valence-electron chi connectivity index (χ4n) is 1.08. The lowest BCUT2D eigenvalue weighted by Crippen LogP contribution is -2.10. The zero-order chi connectivity index (χ0) is 10.7. The van der Waals surface area contributed by atoms with Crippen molar-refractivity contribution >= 4 is 33.1 Å².